The van der Waals surface area contributed by atoms with E-state index in [1.165, 1.54) is 19.0 Å². The normalized spacial score (nSPS) is 30.1. The van der Waals surface area contributed by atoms with E-state index < -0.39 is 0 Å². The van der Waals surface area contributed by atoms with Gasteiger partial charge in [-0.25, -0.2) is 0 Å². The second kappa shape index (κ2) is 4.57. The van der Waals surface area contributed by atoms with Gasteiger partial charge in [-0.2, -0.15) is 0 Å². The Balaban J connectivity index is 1.68. The number of amides is 1. The molecular formula is C13H17N3O2. The molecule has 18 heavy (non-hydrogen) atoms. The second-order valence-corrected chi connectivity index (χ2v) is 5.19. The lowest BCUT2D eigenvalue weighted by atomic mass is 9.99. The first-order valence-corrected chi connectivity index (χ1v) is 6.47. The maximum Gasteiger partial charge on any atom is 0.260 e. The van der Waals surface area contributed by atoms with Crippen LogP contribution in [0.5, 0.6) is 0 Å². The van der Waals surface area contributed by atoms with Gasteiger partial charge < -0.3 is 15.6 Å². The van der Waals surface area contributed by atoms with Crippen molar-refractivity contribution in [2.24, 2.45) is 0 Å². The molecule has 0 radical (unpaired) electrons. The van der Waals surface area contributed by atoms with Gasteiger partial charge in [0, 0.05) is 24.3 Å². The van der Waals surface area contributed by atoms with Crippen LogP contribution in [0.25, 0.3) is 0 Å². The molecular weight excluding hydrogens is 230 g/mol. The third kappa shape index (κ3) is 2.18. The lowest BCUT2D eigenvalue weighted by Gasteiger charge is -2.29. The van der Waals surface area contributed by atoms with Crippen LogP contribution in [0.15, 0.2) is 23.1 Å². The molecule has 3 heterocycles. The second-order valence-electron chi connectivity index (χ2n) is 5.19. The minimum atomic E-state index is -0.327. The zero-order valence-electron chi connectivity index (χ0n) is 10.1. The summed E-state index contributed by atoms with van der Waals surface area (Å²) in [4.78, 5) is 26.0. The Morgan fingerprint density at radius 1 is 1.28 bits per heavy atom. The van der Waals surface area contributed by atoms with Crippen LogP contribution < -0.4 is 16.2 Å². The quantitative estimate of drug-likeness (QED) is 0.707. The van der Waals surface area contributed by atoms with Crippen LogP contribution in [0.2, 0.25) is 0 Å². The topological polar surface area (TPSA) is 74.0 Å². The predicted molar refractivity (Wildman–Crippen MR) is 67.5 cm³/mol. The van der Waals surface area contributed by atoms with Crippen molar-refractivity contribution in [3.8, 4) is 0 Å². The Morgan fingerprint density at radius 2 is 2.00 bits per heavy atom. The number of H-pyrrole nitrogens is 1. The van der Waals surface area contributed by atoms with Gasteiger partial charge in [0.2, 0.25) is 0 Å². The first-order chi connectivity index (χ1) is 8.72. The number of nitrogens with one attached hydrogen (secondary N) is 3. The molecule has 1 aromatic rings. The van der Waals surface area contributed by atoms with Crippen LogP contribution in [-0.4, -0.2) is 29.0 Å². The average Bonchev–Trinajstić information content (AvgIpc) is 2.69. The number of carbonyl (C=O) groups excluding carboxylic acids is 1. The van der Waals surface area contributed by atoms with Gasteiger partial charge in [-0.3, -0.25) is 9.59 Å². The molecule has 1 aromatic heterocycles. The SMILES string of the molecule is O=C(NC1CC2CCC(C1)N2)c1ccc[nH]c1=O. The molecule has 5 heteroatoms. The first-order valence-electron chi connectivity index (χ1n) is 6.47. The lowest BCUT2D eigenvalue weighted by Crippen LogP contribution is -2.48. The number of hydrogen-bond donors (Lipinski definition) is 3. The zero-order chi connectivity index (χ0) is 12.5. The van der Waals surface area contributed by atoms with Gasteiger partial charge in [0.1, 0.15) is 5.56 Å². The van der Waals surface area contributed by atoms with Gasteiger partial charge in [0.15, 0.2) is 0 Å². The van der Waals surface area contributed by atoms with Crippen LogP contribution in [-0.2, 0) is 0 Å². The number of hydrogen-bond acceptors (Lipinski definition) is 3. The number of carbonyl (C=O) groups is 1. The van der Waals surface area contributed by atoms with E-state index in [4.69, 9.17) is 0 Å². The zero-order valence-corrected chi connectivity index (χ0v) is 10.1. The van der Waals surface area contributed by atoms with E-state index in [1.807, 2.05) is 0 Å². The highest BCUT2D eigenvalue weighted by Gasteiger charge is 2.34. The van der Waals surface area contributed by atoms with Crippen molar-refractivity contribution in [3.63, 3.8) is 0 Å². The van der Waals surface area contributed by atoms with Crippen molar-refractivity contribution in [2.75, 3.05) is 0 Å². The summed E-state index contributed by atoms with van der Waals surface area (Å²) in [5.74, 6) is -0.261. The molecule has 96 valence electrons. The Morgan fingerprint density at radius 3 is 2.67 bits per heavy atom. The van der Waals surface area contributed by atoms with Crippen LogP contribution in [0.1, 0.15) is 36.0 Å². The number of piperidine rings is 1. The number of fused-ring (bicyclic) bond motifs is 2. The monoisotopic (exact) mass is 247 g/mol. The van der Waals surface area contributed by atoms with Crippen LogP contribution in [0.4, 0.5) is 0 Å². The summed E-state index contributed by atoms with van der Waals surface area (Å²) in [6, 6.07) is 4.48. The predicted octanol–water partition coefficient (Wildman–Crippen LogP) is 0.388. The van der Waals surface area contributed by atoms with Gasteiger partial charge >= 0.3 is 0 Å². The summed E-state index contributed by atoms with van der Waals surface area (Å²) in [5.41, 5.74) is -0.129. The minimum absolute atomic E-state index is 0.191. The highest BCUT2D eigenvalue weighted by atomic mass is 16.2. The number of aromatic amines is 1. The smallest absolute Gasteiger partial charge is 0.260 e. The molecule has 5 nitrogen and oxygen atoms in total. The molecule has 2 aliphatic heterocycles. The molecule has 2 unspecified atom stereocenters. The molecule has 0 spiro atoms. The van der Waals surface area contributed by atoms with Crippen LogP contribution >= 0.6 is 0 Å². The van der Waals surface area contributed by atoms with Gasteiger partial charge in [-0.15, -0.1) is 0 Å². The number of aromatic nitrogens is 1. The fraction of sp³-hybridized carbons (Fsp3) is 0.538. The van der Waals surface area contributed by atoms with Gasteiger partial charge in [0.25, 0.3) is 11.5 Å². The summed E-state index contributed by atoms with van der Waals surface area (Å²) < 4.78 is 0. The maximum atomic E-state index is 12.0. The third-order valence-electron chi connectivity index (χ3n) is 3.87. The highest BCUT2D eigenvalue weighted by Crippen LogP contribution is 2.26. The summed E-state index contributed by atoms with van der Waals surface area (Å²) in [7, 11) is 0. The molecule has 2 saturated heterocycles. The fourth-order valence-electron chi connectivity index (χ4n) is 3.04. The van der Waals surface area contributed by atoms with E-state index >= 15 is 0 Å². The maximum absolute atomic E-state index is 12.0. The van der Waals surface area contributed by atoms with Crippen LogP contribution in [0, 0.1) is 0 Å². The standard InChI is InChI=1S/C13H17N3O2/c17-12-11(2-1-5-14-12)13(18)16-10-6-8-3-4-9(7-10)15-8/h1-2,5,8-10,15H,3-4,6-7H2,(H,14,17)(H,16,18). The Labute approximate surface area is 105 Å². The molecule has 0 aliphatic carbocycles. The van der Waals surface area contributed by atoms with E-state index in [0.29, 0.717) is 12.1 Å². The third-order valence-corrected chi connectivity index (χ3v) is 3.87. The van der Waals surface area contributed by atoms with Crippen LogP contribution in [0.3, 0.4) is 0 Å². The number of rotatable bonds is 2. The summed E-state index contributed by atoms with van der Waals surface area (Å²) in [6.07, 6.45) is 5.86. The molecule has 0 aromatic carbocycles. The summed E-state index contributed by atoms with van der Waals surface area (Å²) in [5, 5.41) is 6.50. The molecule has 0 saturated carbocycles. The lowest BCUT2D eigenvalue weighted by molar-refractivity contribution is 0.0922. The molecule has 2 aliphatic rings. The largest absolute Gasteiger partial charge is 0.349 e. The molecule has 1 amide bonds. The van der Waals surface area contributed by atoms with Gasteiger partial charge in [-0.05, 0) is 37.8 Å². The van der Waals surface area contributed by atoms with E-state index in [9.17, 15) is 9.59 Å². The van der Waals surface area contributed by atoms with Crippen molar-refractivity contribution in [1.82, 2.24) is 15.6 Å². The van der Waals surface area contributed by atoms with Crippen molar-refractivity contribution in [2.45, 2.75) is 43.8 Å². The molecule has 2 fully saturated rings. The van der Waals surface area contributed by atoms with Crippen molar-refractivity contribution >= 4 is 5.91 Å². The summed E-state index contributed by atoms with van der Waals surface area (Å²) >= 11 is 0. The van der Waals surface area contributed by atoms with Crippen molar-refractivity contribution in [3.05, 3.63) is 34.2 Å². The molecule has 2 atom stereocenters. The van der Waals surface area contributed by atoms with E-state index in [2.05, 4.69) is 15.6 Å². The number of pyridine rings is 1. The molecule has 3 rings (SSSR count). The first kappa shape index (κ1) is 11.5. The highest BCUT2D eigenvalue weighted by molar-refractivity contribution is 5.93. The molecule has 2 bridgehead atoms. The molecule has 3 N–H and O–H groups in total. The summed E-state index contributed by atoms with van der Waals surface area (Å²) in [6.45, 7) is 0. The Bertz CT molecular complexity index is 499. The van der Waals surface area contributed by atoms with E-state index in [0.717, 1.165) is 12.8 Å². The van der Waals surface area contributed by atoms with E-state index in [1.54, 1.807) is 12.1 Å². The fourth-order valence-corrected chi connectivity index (χ4v) is 3.04. The minimum Gasteiger partial charge on any atom is -0.349 e. The Hall–Kier alpha value is -1.62. The van der Waals surface area contributed by atoms with Crippen molar-refractivity contribution < 1.29 is 4.79 Å². The van der Waals surface area contributed by atoms with Crippen molar-refractivity contribution in [1.29, 1.82) is 0 Å². The van der Waals surface area contributed by atoms with Gasteiger partial charge in [-0.1, -0.05) is 0 Å². The Kier molecular flexibility index (Phi) is 2.91. The van der Waals surface area contributed by atoms with E-state index in [-0.39, 0.29) is 23.1 Å². The van der Waals surface area contributed by atoms with Gasteiger partial charge in [0.05, 0.1) is 0 Å². The average molecular weight is 247 g/mol.